The molecule has 2 aromatic carbocycles. The zero-order valence-corrected chi connectivity index (χ0v) is 17.4. The van der Waals surface area contributed by atoms with E-state index in [2.05, 4.69) is 0 Å². The Labute approximate surface area is 185 Å². The van der Waals surface area contributed by atoms with Gasteiger partial charge in [0.05, 0.1) is 0 Å². The highest BCUT2D eigenvalue weighted by molar-refractivity contribution is 8.04. The second-order valence-corrected chi connectivity index (χ2v) is 8.51. The van der Waals surface area contributed by atoms with Crippen molar-refractivity contribution < 1.29 is 28.7 Å². The summed E-state index contributed by atoms with van der Waals surface area (Å²) in [6, 6.07) is 13.4. The van der Waals surface area contributed by atoms with Gasteiger partial charge in [-0.05, 0) is 5.56 Å². The fourth-order valence-electron chi connectivity index (χ4n) is 3.68. The van der Waals surface area contributed by atoms with Gasteiger partial charge in [0, 0.05) is 28.9 Å². The highest BCUT2D eigenvalue weighted by Crippen LogP contribution is 2.38. The second-order valence-electron chi connectivity index (χ2n) is 7.10. The molecule has 2 aliphatic carbocycles. The van der Waals surface area contributed by atoms with Crippen molar-refractivity contribution in [1.29, 1.82) is 0 Å². The fourth-order valence-corrected chi connectivity index (χ4v) is 4.92. The summed E-state index contributed by atoms with van der Waals surface area (Å²) in [4.78, 5) is 50.9. The molecule has 31 heavy (non-hydrogen) atoms. The van der Waals surface area contributed by atoms with Crippen LogP contribution in [0.3, 0.4) is 0 Å². The molecule has 0 bridgehead atoms. The molecule has 0 radical (unpaired) electrons. The normalized spacial score (nSPS) is 20.0. The SMILES string of the molecule is O=C1C(Cl)=C(OC(=O)C2CSC3=C(O2)C(=O)c2ccccc2C3=O)Cc2ccccc21. The number of carbonyl (C=O) groups excluding carboxylic acids is 4. The van der Waals surface area contributed by atoms with E-state index in [9.17, 15) is 19.2 Å². The van der Waals surface area contributed by atoms with Gasteiger partial charge in [-0.2, -0.15) is 0 Å². The van der Waals surface area contributed by atoms with Crippen molar-refractivity contribution in [1.82, 2.24) is 0 Å². The lowest BCUT2D eigenvalue weighted by molar-refractivity contribution is -0.149. The molecule has 1 aliphatic heterocycles. The average molecular weight is 453 g/mol. The van der Waals surface area contributed by atoms with Gasteiger partial charge in [-0.15, -0.1) is 11.8 Å². The van der Waals surface area contributed by atoms with E-state index in [0.717, 1.165) is 11.8 Å². The van der Waals surface area contributed by atoms with Gasteiger partial charge in [0.25, 0.3) is 0 Å². The number of rotatable bonds is 2. The van der Waals surface area contributed by atoms with E-state index in [-0.39, 0.29) is 45.0 Å². The maximum Gasteiger partial charge on any atom is 0.353 e. The summed E-state index contributed by atoms with van der Waals surface area (Å²) < 4.78 is 11.0. The van der Waals surface area contributed by atoms with Crippen molar-refractivity contribution >= 4 is 46.7 Å². The number of halogens is 1. The predicted octanol–water partition coefficient (Wildman–Crippen LogP) is 3.84. The van der Waals surface area contributed by atoms with Gasteiger partial charge in [-0.1, -0.05) is 60.1 Å². The lowest BCUT2D eigenvalue weighted by Gasteiger charge is -2.29. The molecular weight excluding hydrogens is 440 g/mol. The zero-order chi connectivity index (χ0) is 21.7. The molecule has 154 valence electrons. The number of ether oxygens (including phenoxy) is 2. The summed E-state index contributed by atoms with van der Waals surface area (Å²) in [5.74, 6) is -1.96. The molecule has 0 N–H and O–H groups in total. The van der Waals surface area contributed by atoms with Crippen LogP contribution < -0.4 is 0 Å². The number of carbonyl (C=O) groups is 4. The van der Waals surface area contributed by atoms with E-state index in [1.807, 2.05) is 0 Å². The Morgan fingerprint density at radius 3 is 2.32 bits per heavy atom. The van der Waals surface area contributed by atoms with Crippen LogP contribution in [0.1, 0.15) is 36.6 Å². The number of benzene rings is 2. The number of hydrogen-bond acceptors (Lipinski definition) is 7. The molecule has 0 fully saturated rings. The third-order valence-electron chi connectivity index (χ3n) is 5.22. The number of Topliss-reactive ketones (excluding diaryl/α,β-unsaturated/α-hetero) is 3. The van der Waals surface area contributed by atoms with Crippen LogP contribution in [0.25, 0.3) is 0 Å². The average Bonchev–Trinajstić information content (AvgIpc) is 2.80. The fraction of sp³-hybridized carbons (Fsp3) is 0.130. The van der Waals surface area contributed by atoms with Gasteiger partial charge < -0.3 is 9.47 Å². The van der Waals surface area contributed by atoms with Crippen LogP contribution in [0.4, 0.5) is 0 Å². The molecule has 0 saturated carbocycles. The minimum atomic E-state index is -1.12. The third-order valence-corrected chi connectivity index (χ3v) is 6.73. The summed E-state index contributed by atoms with van der Waals surface area (Å²) in [6.45, 7) is 0. The van der Waals surface area contributed by atoms with Gasteiger partial charge in [0.15, 0.2) is 5.76 Å². The Morgan fingerprint density at radius 1 is 0.935 bits per heavy atom. The predicted molar refractivity (Wildman–Crippen MR) is 113 cm³/mol. The first-order valence-corrected chi connectivity index (χ1v) is 10.8. The van der Waals surface area contributed by atoms with E-state index in [1.54, 1.807) is 48.5 Å². The summed E-state index contributed by atoms with van der Waals surface area (Å²) in [7, 11) is 0. The molecule has 0 amide bonds. The molecule has 3 aliphatic rings. The number of fused-ring (bicyclic) bond motifs is 2. The first kappa shape index (κ1) is 19.8. The molecule has 5 rings (SSSR count). The Kier molecular flexibility index (Phi) is 4.79. The largest absolute Gasteiger partial charge is 0.472 e. The van der Waals surface area contributed by atoms with E-state index in [0.29, 0.717) is 16.7 Å². The van der Waals surface area contributed by atoms with E-state index in [1.165, 1.54) is 0 Å². The molecule has 2 aromatic rings. The minimum Gasteiger partial charge on any atom is -0.472 e. The highest BCUT2D eigenvalue weighted by atomic mass is 35.5. The van der Waals surface area contributed by atoms with Crippen molar-refractivity contribution in [3.63, 3.8) is 0 Å². The summed E-state index contributed by atoms with van der Waals surface area (Å²) in [5, 5.41) is -0.159. The number of ketones is 3. The van der Waals surface area contributed by atoms with Crippen LogP contribution in [0.15, 0.2) is 70.0 Å². The van der Waals surface area contributed by atoms with Crippen LogP contribution in [0.5, 0.6) is 0 Å². The highest BCUT2D eigenvalue weighted by Gasteiger charge is 2.41. The quantitative estimate of drug-likeness (QED) is 0.640. The van der Waals surface area contributed by atoms with Crippen molar-refractivity contribution in [2.75, 3.05) is 5.75 Å². The lowest BCUT2D eigenvalue weighted by Crippen LogP contribution is -2.36. The second kappa shape index (κ2) is 7.51. The van der Waals surface area contributed by atoms with Gasteiger partial charge in [0.1, 0.15) is 15.7 Å². The molecule has 0 spiro atoms. The van der Waals surface area contributed by atoms with Crippen LogP contribution in [-0.4, -0.2) is 35.2 Å². The summed E-state index contributed by atoms with van der Waals surface area (Å²) in [5.41, 5.74) is 1.73. The van der Waals surface area contributed by atoms with Crippen LogP contribution in [-0.2, 0) is 20.7 Å². The monoisotopic (exact) mass is 452 g/mol. The molecular formula is C23H13ClO6S. The Balaban J connectivity index is 1.37. The van der Waals surface area contributed by atoms with Crippen molar-refractivity contribution in [3.8, 4) is 0 Å². The van der Waals surface area contributed by atoms with Crippen LogP contribution >= 0.6 is 23.4 Å². The Morgan fingerprint density at radius 2 is 1.58 bits per heavy atom. The van der Waals surface area contributed by atoms with Gasteiger partial charge in [0.2, 0.25) is 23.5 Å². The number of hydrogen-bond donors (Lipinski definition) is 0. The molecule has 6 nitrogen and oxygen atoms in total. The van der Waals surface area contributed by atoms with Gasteiger partial charge in [-0.3, -0.25) is 14.4 Å². The molecule has 1 unspecified atom stereocenters. The molecule has 1 atom stereocenters. The van der Waals surface area contributed by atoms with E-state index in [4.69, 9.17) is 21.1 Å². The van der Waals surface area contributed by atoms with Gasteiger partial charge in [-0.25, -0.2) is 4.79 Å². The Bertz CT molecular complexity index is 1260. The van der Waals surface area contributed by atoms with Crippen molar-refractivity contribution in [2.24, 2.45) is 0 Å². The zero-order valence-electron chi connectivity index (χ0n) is 15.8. The summed E-state index contributed by atoms with van der Waals surface area (Å²) in [6.07, 6.45) is -0.930. The minimum absolute atomic E-state index is 0.0418. The Hall–Kier alpha value is -3.16. The summed E-state index contributed by atoms with van der Waals surface area (Å²) >= 11 is 7.23. The first-order valence-electron chi connectivity index (χ1n) is 9.41. The maximum atomic E-state index is 12.8. The van der Waals surface area contributed by atoms with Crippen molar-refractivity contribution in [3.05, 3.63) is 92.2 Å². The maximum absolute atomic E-state index is 12.8. The molecule has 0 saturated heterocycles. The van der Waals surface area contributed by atoms with Gasteiger partial charge >= 0.3 is 5.97 Å². The number of thioether (sulfide) groups is 1. The lowest BCUT2D eigenvalue weighted by atomic mass is 9.93. The van der Waals surface area contributed by atoms with Crippen LogP contribution in [0, 0.1) is 0 Å². The molecule has 0 aromatic heterocycles. The molecule has 8 heteroatoms. The van der Waals surface area contributed by atoms with Crippen molar-refractivity contribution in [2.45, 2.75) is 12.5 Å². The standard InChI is InChI=1S/C23H13ClO6S/c24-17-15(9-11-5-1-2-6-12(11)18(17)25)30-23(28)16-10-31-22-20(27)14-8-4-3-7-13(14)19(26)21(22)29-16/h1-8,16H,9-10H2. The number of esters is 1. The molecule has 1 heterocycles. The van der Waals surface area contributed by atoms with E-state index >= 15 is 0 Å². The first-order chi connectivity index (χ1) is 15.0. The smallest absolute Gasteiger partial charge is 0.353 e. The van der Waals surface area contributed by atoms with Crippen LogP contribution in [0.2, 0.25) is 0 Å². The topological polar surface area (TPSA) is 86.7 Å². The van der Waals surface area contributed by atoms with E-state index < -0.39 is 23.6 Å². The number of allylic oxidation sites excluding steroid dienone is 4. The third kappa shape index (κ3) is 3.21.